The Balaban J connectivity index is 1.44. The first-order chi connectivity index (χ1) is 14.2. The normalized spacial score (nSPS) is 19.7. The van der Waals surface area contributed by atoms with E-state index in [-0.39, 0.29) is 0 Å². The Morgan fingerprint density at radius 2 is 1.03 bits per heavy atom. The fourth-order valence-corrected chi connectivity index (χ4v) is 6.30. The van der Waals surface area contributed by atoms with Gasteiger partial charge >= 0.3 is 0 Å². The summed E-state index contributed by atoms with van der Waals surface area (Å²) in [6.45, 7) is 4.46. The summed E-state index contributed by atoms with van der Waals surface area (Å²) >= 11 is 0. The van der Waals surface area contributed by atoms with Crippen molar-refractivity contribution in [1.29, 1.82) is 0 Å². The molecule has 4 heteroatoms. The van der Waals surface area contributed by atoms with Crippen LogP contribution in [0.15, 0.2) is 12.1 Å². The van der Waals surface area contributed by atoms with Crippen molar-refractivity contribution in [2.24, 2.45) is 0 Å². The average molecular weight is 391 g/mol. The van der Waals surface area contributed by atoms with Crippen molar-refractivity contribution in [2.75, 3.05) is 36.0 Å². The van der Waals surface area contributed by atoms with Crippen LogP contribution in [0.4, 0.5) is 11.4 Å². The summed E-state index contributed by atoms with van der Waals surface area (Å²) in [4.78, 5) is 4.94. The number of nitrogens with zero attached hydrogens (tertiary/aromatic N) is 2. The average Bonchev–Trinajstić information content (AvgIpc) is 2.75. The molecule has 2 aromatic rings. The molecule has 0 saturated carbocycles. The zero-order valence-corrected chi connectivity index (χ0v) is 17.1. The van der Waals surface area contributed by atoms with Crippen LogP contribution in [-0.4, -0.2) is 36.4 Å². The molecule has 2 N–H and O–H groups in total. The van der Waals surface area contributed by atoms with E-state index in [1.807, 2.05) is 0 Å². The molecule has 2 aromatic carbocycles. The zero-order valence-electron chi connectivity index (χ0n) is 17.1. The van der Waals surface area contributed by atoms with Gasteiger partial charge in [-0.1, -0.05) is 0 Å². The van der Waals surface area contributed by atoms with Gasteiger partial charge in [0.25, 0.3) is 0 Å². The van der Waals surface area contributed by atoms with Crippen molar-refractivity contribution < 1.29 is 10.2 Å². The standard InChI is InChI=1S/C25H30N2O2/c28-24-18(13-16-5-1-9-26-11-3-7-20(24)22(16)26)15-19-14-17-6-2-10-27-12-4-8-21(23(17)27)25(19)29/h13-14,28-29H,1-12,15H2. The first kappa shape index (κ1) is 17.5. The summed E-state index contributed by atoms with van der Waals surface area (Å²) in [5, 5.41) is 22.3. The lowest BCUT2D eigenvalue weighted by atomic mass is 9.85. The van der Waals surface area contributed by atoms with Gasteiger partial charge in [0.1, 0.15) is 11.5 Å². The van der Waals surface area contributed by atoms with E-state index in [1.165, 1.54) is 35.3 Å². The molecule has 4 heterocycles. The van der Waals surface area contributed by atoms with Crippen LogP contribution in [0, 0.1) is 0 Å². The van der Waals surface area contributed by atoms with Gasteiger partial charge in [-0.3, -0.25) is 0 Å². The summed E-state index contributed by atoms with van der Waals surface area (Å²) in [6.07, 6.45) is 9.38. The van der Waals surface area contributed by atoms with E-state index in [0.717, 1.165) is 87.0 Å². The quantitative estimate of drug-likeness (QED) is 0.811. The van der Waals surface area contributed by atoms with Gasteiger partial charge < -0.3 is 20.0 Å². The predicted molar refractivity (Wildman–Crippen MR) is 117 cm³/mol. The minimum Gasteiger partial charge on any atom is -0.507 e. The Kier molecular flexibility index (Phi) is 3.97. The molecule has 0 aliphatic carbocycles. The Morgan fingerprint density at radius 3 is 1.48 bits per heavy atom. The monoisotopic (exact) mass is 390 g/mol. The molecule has 0 atom stereocenters. The van der Waals surface area contributed by atoms with E-state index in [1.54, 1.807) is 0 Å². The Hall–Kier alpha value is -2.36. The first-order valence-corrected chi connectivity index (χ1v) is 11.4. The smallest absolute Gasteiger partial charge is 0.124 e. The van der Waals surface area contributed by atoms with Crippen LogP contribution in [-0.2, 0) is 32.1 Å². The SMILES string of the molecule is Oc1c(Cc2cc3c4c(c2O)CCCN4CCC3)cc2c3c1CCCN3CCC2. The number of aromatic hydroxyl groups is 2. The summed E-state index contributed by atoms with van der Waals surface area (Å²) in [7, 11) is 0. The lowest BCUT2D eigenvalue weighted by molar-refractivity contribution is 0.450. The lowest BCUT2D eigenvalue weighted by Crippen LogP contribution is -2.34. The largest absolute Gasteiger partial charge is 0.507 e. The van der Waals surface area contributed by atoms with E-state index in [4.69, 9.17) is 0 Å². The molecule has 0 radical (unpaired) electrons. The second kappa shape index (κ2) is 6.58. The first-order valence-electron chi connectivity index (χ1n) is 11.4. The summed E-state index contributed by atoms with van der Waals surface area (Å²) < 4.78 is 0. The third-order valence-corrected chi connectivity index (χ3v) is 7.53. The van der Waals surface area contributed by atoms with Crippen molar-refractivity contribution in [3.63, 3.8) is 0 Å². The van der Waals surface area contributed by atoms with Crippen molar-refractivity contribution >= 4 is 11.4 Å². The molecular weight excluding hydrogens is 360 g/mol. The molecule has 152 valence electrons. The third kappa shape index (κ3) is 2.64. The number of phenolic OH excluding ortho intramolecular Hbond substituents is 2. The number of aryl methyl sites for hydroxylation is 2. The summed E-state index contributed by atoms with van der Waals surface area (Å²) in [5.74, 6) is 0.950. The molecular formula is C25H30N2O2. The van der Waals surface area contributed by atoms with Crippen LogP contribution >= 0.6 is 0 Å². The van der Waals surface area contributed by atoms with Gasteiger partial charge in [-0.15, -0.1) is 0 Å². The topological polar surface area (TPSA) is 46.9 Å². The van der Waals surface area contributed by atoms with Gasteiger partial charge in [-0.25, -0.2) is 0 Å². The molecule has 0 bridgehead atoms. The fourth-order valence-electron chi connectivity index (χ4n) is 6.30. The van der Waals surface area contributed by atoms with Gasteiger partial charge in [0.15, 0.2) is 0 Å². The van der Waals surface area contributed by atoms with Crippen molar-refractivity contribution in [3.8, 4) is 11.5 Å². The number of phenols is 2. The van der Waals surface area contributed by atoms with Crippen LogP contribution < -0.4 is 9.80 Å². The Bertz CT molecular complexity index is 914. The highest BCUT2D eigenvalue weighted by Crippen LogP contribution is 2.45. The number of hydrogen-bond acceptors (Lipinski definition) is 4. The van der Waals surface area contributed by atoms with Gasteiger partial charge in [0, 0.05) is 55.1 Å². The van der Waals surface area contributed by atoms with Gasteiger partial charge in [0.2, 0.25) is 0 Å². The highest BCUT2D eigenvalue weighted by molar-refractivity contribution is 5.72. The molecule has 0 aromatic heterocycles. The van der Waals surface area contributed by atoms with Crippen molar-refractivity contribution in [1.82, 2.24) is 0 Å². The van der Waals surface area contributed by atoms with Gasteiger partial charge in [0.05, 0.1) is 0 Å². The molecule has 4 nitrogen and oxygen atoms in total. The lowest BCUT2D eigenvalue weighted by Gasteiger charge is -2.38. The molecule has 0 fully saturated rings. The molecule has 4 aliphatic rings. The number of benzene rings is 2. The second-order valence-corrected chi connectivity index (χ2v) is 9.31. The Labute approximate surface area is 172 Å². The van der Waals surface area contributed by atoms with E-state index < -0.39 is 0 Å². The van der Waals surface area contributed by atoms with Crippen LogP contribution in [0.1, 0.15) is 59.1 Å². The van der Waals surface area contributed by atoms with Crippen LogP contribution in [0.25, 0.3) is 0 Å². The van der Waals surface area contributed by atoms with Gasteiger partial charge in [-0.2, -0.15) is 0 Å². The molecule has 0 amide bonds. The summed E-state index contributed by atoms with van der Waals surface area (Å²) in [5.41, 5.74) is 9.68. The van der Waals surface area contributed by atoms with Crippen molar-refractivity contribution in [3.05, 3.63) is 45.5 Å². The van der Waals surface area contributed by atoms with E-state index >= 15 is 0 Å². The summed E-state index contributed by atoms with van der Waals surface area (Å²) in [6, 6.07) is 4.45. The maximum Gasteiger partial charge on any atom is 0.124 e. The highest BCUT2D eigenvalue weighted by Gasteiger charge is 2.30. The molecule has 29 heavy (non-hydrogen) atoms. The molecule has 6 rings (SSSR count). The van der Waals surface area contributed by atoms with Crippen LogP contribution in [0.5, 0.6) is 11.5 Å². The highest BCUT2D eigenvalue weighted by atomic mass is 16.3. The number of anilines is 2. The van der Waals surface area contributed by atoms with E-state index in [9.17, 15) is 10.2 Å². The Morgan fingerprint density at radius 1 is 0.621 bits per heavy atom. The minimum absolute atomic E-state index is 0.475. The van der Waals surface area contributed by atoms with Crippen LogP contribution in [0.2, 0.25) is 0 Å². The molecule has 4 aliphatic heterocycles. The van der Waals surface area contributed by atoms with Gasteiger partial charge in [-0.05, 0) is 85.8 Å². The molecule has 0 saturated heterocycles. The van der Waals surface area contributed by atoms with E-state index in [2.05, 4.69) is 21.9 Å². The fraction of sp³-hybridized carbons (Fsp3) is 0.520. The zero-order chi connectivity index (χ0) is 19.5. The molecule has 0 unspecified atom stereocenters. The maximum atomic E-state index is 11.2. The minimum atomic E-state index is 0.475. The second-order valence-electron chi connectivity index (χ2n) is 9.31. The molecule has 0 spiro atoms. The predicted octanol–water partition coefficient (Wildman–Crippen LogP) is 4.09. The third-order valence-electron chi connectivity index (χ3n) is 7.53. The van der Waals surface area contributed by atoms with E-state index in [0.29, 0.717) is 17.9 Å². The van der Waals surface area contributed by atoms with Crippen molar-refractivity contribution in [2.45, 2.75) is 57.8 Å². The number of hydrogen-bond donors (Lipinski definition) is 2. The van der Waals surface area contributed by atoms with Crippen LogP contribution in [0.3, 0.4) is 0 Å². The number of rotatable bonds is 2. The maximum absolute atomic E-state index is 11.2.